The molecule has 1 N–H and O–H groups in total. The van der Waals surface area contributed by atoms with E-state index in [0.717, 1.165) is 38.1 Å². The molecule has 0 amide bonds. The van der Waals surface area contributed by atoms with Gasteiger partial charge in [0.15, 0.2) is 0 Å². The van der Waals surface area contributed by atoms with Crippen LogP contribution in [0.5, 0.6) is 5.75 Å². The number of ether oxygens (including phenoxy) is 1. The Labute approximate surface area is 104 Å². The molecule has 18 heavy (non-hydrogen) atoms. The summed E-state index contributed by atoms with van der Waals surface area (Å²) in [4.78, 5) is 0. The van der Waals surface area contributed by atoms with Crippen LogP contribution in [0.15, 0.2) is 18.2 Å². The first-order valence-corrected chi connectivity index (χ1v) is 6.01. The minimum absolute atomic E-state index is 0.00846. The van der Waals surface area contributed by atoms with Gasteiger partial charge in [-0.1, -0.05) is 0 Å². The molecule has 0 saturated carbocycles. The summed E-state index contributed by atoms with van der Waals surface area (Å²) in [5.41, 5.74) is -0.0832. The second kappa shape index (κ2) is 5.18. The molecule has 0 aromatic heterocycles. The topological polar surface area (TPSA) is 21.3 Å². The molecule has 0 aliphatic carbocycles. The number of hydrogen-bond donors (Lipinski definition) is 1. The predicted octanol–water partition coefficient (Wildman–Crippen LogP) is 3.14. The van der Waals surface area contributed by atoms with E-state index in [9.17, 15) is 13.2 Å². The van der Waals surface area contributed by atoms with Gasteiger partial charge in [0, 0.05) is 0 Å². The molecular weight excluding hydrogens is 243 g/mol. The number of piperidine rings is 1. The lowest BCUT2D eigenvalue weighted by Crippen LogP contribution is -2.34. The zero-order chi connectivity index (χ0) is 13.2. The Kier molecular flexibility index (Phi) is 3.80. The minimum atomic E-state index is -4.32. The molecule has 1 aromatic rings. The summed E-state index contributed by atoms with van der Waals surface area (Å²) in [6, 6.07) is 3.86. The fraction of sp³-hybridized carbons (Fsp3) is 0.538. The van der Waals surface area contributed by atoms with Gasteiger partial charge in [0.2, 0.25) is 0 Å². The van der Waals surface area contributed by atoms with Crippen LogP contribution in [-0.4, -0.2) is 19.2 Å². The summed E-state index contributed by atoms with van der Waals surface area (Å²) >= 11 is 0. The Hall–Kier alpha value is -1.23. The van der Waals surface area contributed by atoms with E-state index in [-0.39, 0.29) is 6.10 Å². The molecule has 0 spiro atoms. The van der Waals surface area contributed by atoms with Gasteiger partial charge in [-0.15, -0.1) is 0 Å². The molecule has 0 unspecified atom stereocenters. The lowest BCUT2D eigenvalue weighted by Gasteiger charge is -2.24. The molecule has 5 heteroatoms. The smallest absolute Gasteiger partial charge is 0.416 e. The SMILES string of the molecule is Cc1cc(OC2CCNCC2)cc(C(F)(F)F)c1. The maximum atomic E-state index is 12.7. The molecular formula is C13H16F3NO. The molecule has 2 rings (SSSR count). The van der Waals surface area contributed by atoms with Gasteiger partial charge in [-0.2, -0.15) is 13.2 Å². The van der Waals surface area contributed by atoms with Crippen molar-refractivity contribution in [3.63, 3.8) is 0 Å². The summed E-state index contributed by atoms with van der Waals surface area (Å²) in [6.45, 7) is 3.34. The quantitative estimate of drug-likeness (QED) is 0.881. The van der Waals surface area contributed by atoms with Crippen molar-refractivity contribution in [2.24, 2.45) is 0 Å². The van der Waals surface area contributed by atoms with Crippen molar-refractivity contribution in [3.8, 4) is 5.75 Å². The van der Waals surface area contributed by atoms with Crippen LogP contribution in [0, 0.1) is 6.92 Å². The van der Waals surface area contributed by atoms with E-state index in [1.165, 1.54) is 0 Å². The highest BCUT2D eigenvalue weighted by Gasteiger charge is 2.31. The van der Waals surface area contributed by atoms with Crippen molar-refractivity contribution in [3.05, 3.63) is 29.3 Å². The summed E-state index contributed by atoms with van der Waals surface area (Å²) in [5.74, 6) is 0.314. The summed E-state index contributed by atoms with van der Waals surface area (Å²) < 4.78 is 43.6. The van der Waals surface area contributed by atoms with Crippen molar-refractivity contribution in [2.75, 3.05) is 13.1 Å². The Morgan fingerprint density at radius 1 is 1.17 bits per heavy atom. The van der Waals surface area contributed by atoms with Gasteiger partial charge < -0.3 is 10.1 Å². The highest BCUT2D eigenvalue weighted by Crippen LogP contribution is 2.33. The van der Waals surface area contributed by atoms with E-state index in [2.05, 4.69) is 5.32 Å². The number of nitrogens with one attached hydrogen (secondary N) is 1. The largest absolute Gasteiger partial charge is 0.490 e. The molecule has 2 nitrogen and oxygen atoms in total. The average Bonchev–Trinajstić information content (AvgIpc) is 2.28. The van der Waals surface area contributed by atoms with Crippen LogP contribution in [-0.2, 0) is 6.18 Å². The van der Waals surface area contributed by atoms with E-state index >= 15 is 0 Å². The molecule has 0 atom stereocenters. The first kappa shape index (κ1) is 13.2. The van der Waals surface area contributed by atoms with E-state index in [0.29, 0.717) is 11.3 Å². The lowest BCUT2D eigenvalue weighted by atomic mass is 10.1. The highest BCUT2D eigenvalue weighted by atomic mass is 19.4. The van der Waals surface area contributed by atoms with Gasteiger partial charge in [-0.05, 0) is 56.6 Å². The van der Waals surface area contributed by atoms with Crippen molar-refractivity contribution in [1.82, 2.24) is 5.32 Å². The van der Waals surface area contributed by atoms with E-state index in [1.54, 1.807) is 13.0 Å². The molecule has 0 bridgehead atoms. The monoisotopic (exact) mass is 259 g/mol. The molecule has 1 fully saturated rings. The number of hydrogen-bond acceptors (Lipinski definition) is 2. The normalized spacial score (nSPS) is 17.8. The fourth-order valence-electron chi connectivity index (χ4n) is 2.09. The number of rotatable bonds is 2. The van der Waals surface area contributed by atoms with Crippen molar-refractivity contribution >= 4 is 0 Å². The van der Waals surface area contributed by atoms with Gasteiger partial charge in [-0.3, -0.25) is 0 Å². The van der Waals surface area contributed by atoms with Crippen LogP contribution < -0.4 is 10.1 Å². The zero-order valence-electron chi connectivity index (χ0n) is 10.2. The molecule has 100 valence electrons. The third-order valence-electron chi connectivity index (χ3n) is 2.97. The van der Waals surface area contributed by atoms with E-state index < -0.39 is 11.7 Å². The maximum absolute atomic E-state index is 12.7. The summed E-state index contributed by atoms with van der Waals surface area (Å²) in [6.07, 6.45) is -2.66. The summed E-state index contributed by atoms with van der Waals surface area (Å²) in [7, 11) is 0. The highest BCUT2D eigenvalue weighted by molar-refractivity contribution is 5.35. The lowest BCUT2D eigenvalue weighted by molar-refractivity contribution is -0.137. The molecule has 1 aliphatic heterocycles. The maximum Gasteiger partial charge on any atom is 0.416 e. The second-order valence-electron chi connectivity index (χ2n) is 4.60. The van der Waals surface area contributed by atoms with Gasteiger partial charge in [0.25, 0.3) is 0 Å². The fourth-order valence-corrected chi connectivity index (χ4v) is 2.09. The first-order chi connectivity index (χ1) is 8.45. The van der Waals surface area contributed by atoms with E-state index in [4.69, 9.17) is 4.74 Å². The third-order valence-corrected chi connectivity index (χ3v) is 2.97. The first-order valence-electron chi connectivity index (χ1n) is 6.01. The Morgan fingerprint density at radius 2 is 1.83 bits per heavy atom. The van der Waals surface area contributed by atoms with Crippen molar-refractivity contribution in [2.45, 2.75) is 32.0 Å². The van der Waals surface area contributed by atoms with Gasteiger partial charge in [0.05, 0.1) is 5.56 Å². The standard InChI is InChI=1S/C13H16F3NO/c1-9-6-10(13(14,15)16)8-12(7-9)18-11-2-4-17-5-3-11/h6-8,11,17H,2-5H2,1H3. The third kappa shape index (κ3) is 3.38. The molecule has 1 saturated heterocycles. The van der Waals surface area contributed by atoms with Crippen LogP contribution in [0.25, 0.3) is 0 Å². The number of halogens is 3. The second-order valence-corrected chi connectivity index (χ2v) is 4.60. The van der Waals surface area contributed by atoms with Crippen LogP contribution in [0.3, 0.4) is 0 Å². The van der Waals surface area contributed by atoms with E-state index in [1.807, 2.05) is 0 Å². The zero-order valence-corrected chi connectivity index (χ0v) is 10.2. The Balaban J connectivity index is 2.14. The Bertz CT molecular complexity index is 411. The van der Waals surface area contributed by atoms with Crippen LogP contribution >= 0.6 is 0 Å². The van der Waals surface area contributed by atoms with Crippen LogP contribution in [0.1, 0.15) is 24.0 Å². The molecule has 0 radical (unpaired) electrons. The average molecular weight is 259 g/mol. The molecule has 1 aliphatic rings. The minimum Gasteiger partial charge on any atom is -0.490 e. The Morgan fingerprint density at radius 3 is 2.44 bits per heavy atom. The number of alkyl halides is 3. The van der Waals surface area contributed by atoms with Gasteiger partial charge in [-0.25, -0.2) is 0 Å². The molecule has 1 aromatic carbocycles. The van der Waals surface area contributed by atoms with Crippen molar-refractivity contribution < 1.29 is 17.9 Å². The van der Waals surface area contributed by atoms with Gasteiger partial charge in [0.1, 0.15) is 11.9 Å². The molecule has 1 heterocycles. The van der Waals surface area contributed by atoms with Crippen molar-refractivity contribution in [1.29, 1.82) is 0 Å². The van der Waals surface area contributed by atoms with Crippen LogP contribution in [0.4, 0.5) is 13.2 Å². The number of benzene rings is 1. The predicted molar refractivity (Wildman–Crippen MR) is 62.7 cm³/mol. The summed E-state index contributed by atoms with van der Waals surface area (Å²) in [5, 5.41) is 3.19. The number of aryl methyl sites for hydroxylation is 1. The van der Waals surface area contributed by atoms with Crippen LogP contribution in [0.2, 0.25) is 0 Å². The van der Waals surface area contributed by atoms with Gasteiger partial charge >= 0.3 is 6.18 Å².